The molecule has 0 saturated carbocycles. The summed E-state index contributed by atoms with van der Waals surface area (Å²) in [5.74, 6) is -0.0512. The fourth-order valence-corrected chi connectivity index (χ4v) is 9.99. The third kappa shape index (κ3) is 55.8. The van der Waals surface area contributed by atoms with Gasteiger partial charge in [0.2, 0.25) is 5.91 Å². The van der Waals surface area contributed by atoms with Crippen LogP contribution < -0.4 is 5.32 Å². The molecule has 2 unspecified atom stereocenters. The van der Waals surface area contributed by atoms with Gasteiger partial charge in [-0.1, -0.05) is 302 Å². The van der Waals surface area contributed by atoms with Crippen molar-refractivity contribution in [2.75, 3.05) is 13.2 Å². The average Bonchev–Trinajstić information content (AvgIpc) is 3.35. The fraction of sp³-hybridized carbons (Fsp3) is 0.937. The van der Waals surface area contributed by atoms with Gasteiger partial charge in [0.15, 0.2) is 0 Å². The Kier molecular flexibility index (Phi) is 58.0. The molecule has 0 heterocycles. The molecule has 69 heavy (non-hydrogen) atoms. The minimum Gasteiger partial charge on any atom is -0.466 e. The molecular formula is C63H123NO5. The molecular weight excluding hydrogens is 851 g/mol. The highest BCUT2D eigenvalue weighted by Crippen LogP contribution is 2.18. The summed E-state index contributed by atoms with van der Waals surface area (Å²) >= 11 is 0. The molecule has 0 rings (SSSR count). The normalized spacial score (nSPS) is 12.6. The summed E-state index contributed by atoms with van der Waals surface area (Å²) in [5.41, 5.74) is 0. The van der Waals surface area contributed by atoms with Gasteiger partial charge < -0.3 is 20.3 Å². The fourth-order valence-electron chi connectivity index (χ4n) is 9.99. The Balaban J connectivity index is 3.44. The second-order valence-corrected chi connectivity index (χ2v) is 21.7. The number of rotatable bonds is 59. The van der Waals surface area contributed by atoms with Gasteiger partial charge in [-0.3, -0.25) is 9.59 Å². The molecule has 0 aromatic carbocycles. The molecule has 1 amide bonds. The third-order valence-corrected chi connectivity index (χ3v) is 14.8. The Morgan fingerprint density at radius 2 is 0.681 bits per heavy atom. The van der Waals surface area contributed by atoms with Crippen LogP contribution in [0.1, 0.15) is 354 Å². The zero-order valence-electron chi connectivity index (χ0n) is 46.8. The van der Waals surface area contributed by atoms with Crippen molar-refractivity contribution in [3.8, 4) is 0 Å². The Hall–Kier alpha value is -1.40. The lowest BCUT2D eigenvalue weighted by Gasteiger charge is -2.22. The molecule has 6 nitrogen and oxygen atoms in total. The smallest absolute Gasteiger partial charge is 0.305 e. The van der Waals surface area contributed by atoms with E-state index in [1.165, 1.54) is 250 Å². The van der Waals surface area contributed by atoms with Gasteiger partial charge in [0, 0.05) is 12.8 Å². The summed E-state index contributed by atoms with van der Waals surface area (Å²) < 4.78 is 5.48. The van der Waals surface area contributed by atoms with E-state index in [0.29, 0.717) is 25.9 Å². The minimum atomic E-state index is -0.674. The number of allylic oxidation sites excluding steroid dienone is 2. The van der Waals surface area contributed by atoms with E-state index in [1.807, 2.05) is 0 Å². The van der Waals surface area contributed by atoms with Crippen molar-refractivity contribution in [2.45, 2.75) is 366 Å². The van der Waals surface area contributed by atoms with E-state index in [1.54, 1.807) is 0 Å². The minimum absolute atomic E-state index is 0.00500. The van der Waals surface area contributed by atoms with Gasteiger partial charge in [0.25, 0.3) is 0 Å². The number of nitrogens with one attached hydrogen (secondary N) is 1. The summed E-state index contributed by atoms with van der Waals surface area (Å²) in [6.07, 6.45) is 70.7. The summed E-state index contributed by atoms with van der Waals surface area (Å²) in [5, 5.41) is 23.3. The molecule has 2 atom stereocenters. The Morgan fingerprint density at radius 3 is 1.03 bits per heavy atom. The number of carbonyl (C=O) groups excluding carboxylic acids is 2. The predicted molar refractivity (Wildman–Crippen MR) is 301 cm³/mol. The molecule has 6 heteroatoms. The van der Waals surface area contributed by atoms with E-state index in [0.717, 1.165) is 70.6 Å². The van der Waals surface area contributed by atoms with E-state index < -0.39 is 12.1 Å². The van der Waals surface area contributed by atoms with Crippen molar-refractivity contribution in [1.29, 1.82) is 0 Å². The van der Waals surface area contributed by atoms with Crippen molar-refractivity contribution in [2.24, 2.45) is 0 Å². The van der Waals surface area contributed by atoms with Crippen LogP contribution in [0.2, 0.25) is 0 Å². The van der Waals surface area contributed by atoms with Crippen molar-refractivity contribution < 1.29 is 24.5 Å². The lowest BCUT2D eigenvalue weighted by atomic mass is 10.0. The second kappa shape index (κ2) is 59.2. The predicted octanol–water partition coefficient (Wildman–Crippen LogP) is 19.6. The number of aliphatic hydroxyl groups is 2. The molecule has 0 aromatic heterocycles. The molecule has 0 saturated heterocycles. The number of aliphatic hydroxyl groups excluding tert-OH is 2. The van der Waals surface area contributed by atoms with Gasteiger partial charge in [0.1, 0.15) is 0 Å². The lowest BCUT2D eigenvalue weighted by molar-refractivity contribution is -0.143. The van der Waals surface area contributed by atoms with Crippen molar-refractivity contribution >= 4 is 11.9 Å². The van der Waals surface area contributed by atoms with Crippen LogP contribution in [0.15, 0.2) is 12.2 Å². The number of hydrogen-bond donors (Lipinski definition) is 3. The highest BCUT2D eigenvalue weighted by molar-refractivity contribution is 5.76. The van der Waals surface area contributed by atoms with Gasteiger partial charge in [-0.2, -0.15) is 0 Å². The van der Waals surface area contributed by atoms with Crippen LogP contribution >= 0.6 is 0 Å². The zero-order valence-corrected chi connectivity index (χ0v) is 46.8. The van der Waals surface area contributed by atoms with E-state index in [2.05, 4.69) is 31.3 Å². The number of unbranched alkanes of at least 4 members (excludes halogenated alkanes) is 46. The third-order valence-electron chi connectivity index (χ3n) is 14.8. The summed E-state index contributed by atoms with van der Waals surface area (Å²) in [6, 6.07) is -0.553. The molecule has 0 bridgehead atoms. The van der Waals surface area contributed by atoms with E-state index in [4.69, 9.17) is 4.74 Å². The Morgan fingerprint density at radius 1 is 0.391 bits per heavy atom. The molecule has 0 fully saturated rings. The molecule has 0 radical (unpaired) electrons. The maximum Gasteiger partial charge on any atom is 0.305 e. The van der Waals surface area contributed by atoms with Crippen LogP contribution in [-0.2, 0) is 14.3 Å². The number of esters is 1. The second-order valence-electron chi connectivity index (χ2n) is 21.7. The number of carbonyl (C=O) groups is 2. The van der Waals surface area contributed by atoms with Gasteiger partial charge in [-0.25, -0.2) is 0 Å². The first-order valence-electron chi connectivity index (χ1n) is 31.4. The number of amides is 1. The first-order chi connectivity index (χ1) is 34.0. The van der Waals surface area contributed by atoms with E-state index in [9.17, 15) is 19.8 Å². The maximum atomic E-state index is 12.5. The molecule has 0 aliphatic heterocycles. The SMILES string of the molecule is CCCCCCCCCCCCCCCCCCCCCCC(O)C(CO)NC(=O)CCCCCCCCC/C=C\CCCCCCOC(=O)CCCCCCCCCCCCCCCCCCC. The Bertz CT molecular complexity index is 1030. The monoisotopic (exact) mass is 974 g/mol. The maximum absolute atomic E-state index is 12.5. The first-order valence-corrected chi connectivity index (χ1v) is 31.4. The van der Waals surface area contributed by atoms with Crippen molar-refractivity contribution in [3.05, 3.63) is 12.2 Å². The topological polar surface area (TPSA) is 95.9 Å². The molecule has 3 N–H and O–H groups in total. The largest absolute Gasteiger partial charge is 0.466 e. The van der Waals surface area contributed by atoms with Crippen molar-refractivity contribution in [1.82, 2.24) is 5.32 Å². The lowest BCUT2D eigenvalue weighted by Crippen LogP contribution is -2.45. The molecule has 0 aliphatic carbocycles. The van der Waals surface area contributed by atoms with Gasteiger partial charge in [-0.15, -0.1) is 0 Å². The highest BCUT2D eigenvalue weighted by Gasteiger charge is 2.20. The standard InChI is InChI=1S/C63H123NO5/c1-3-5-7-9-11-13-15-17-19-21-22-23-25-27-31-35-39-43-47-51-55-61(66)60(59-65)64-62(67)56-52-48-44-40-36-32-28-26-30-34-38-42-46-50-54-58-69-63(68)57-53-49-45-41-37-33-29-24-20-18-16-14-12-10-8-6-4-2/h30,34,60-61,65-66H,3-29,31-33,35-59H2,1-2H3,(H,64,67)/b34-30-. The molecule has 0 aromatic rings. The van der Waals surface area contributed by atoms with Crippen LogP contribution in [0, 0.1) is 0 Å². The zero-order chi connectivity index (χ0) is 50.0. The van der Waals surface area contributed by atoms with Crippen LogP contribution in [0.5, 0.6) is 0 Å². The summed E-state index contributed by atoms with van der Waals surface area (Å²) in [6.45, 7) is 4.95. The first kappa shape index (κ1) is 67.6. The molecule has 0 aliphatic rings. The van der Waals surface area contributed by atoms with Crippen LogP contribution in [0.3, 0.4) is 0 Å². The van der Waals surface area contributed by atoms with Gasteiger partial charge >= 0.3 is 5.97 Å². The van der Waals surface area contributed by atoms with E-state index in [-0.39, 0.29) is 18.5 Å². The quantitative estimate of drug-likeness (QED) is 0.0321. The van der Waals surface area contributed by atoms with Crippen LogP contribution in [0.25, 0.3) is 0 Å². The number of ether oxygens (including phenoxy) is 1. The van der Waals surface area contributed by atoms with Gasteiger partial charge in [-0.05, 0) is 51.4 Å². The van der Waals surface area contributed by atoms with Crippen LogP contribution in [0.4, 0.5) is 0 Å². The Labute approximate surface area is 431 Å². The summed E-state index contributed by atoms with van der Waals surface area (Å²) in [7, 11) is 0. The molecule has 0 spiro atoms. The summed E-state index contributed by atoms with van der Waals surface area (Å²) in [4.78, 5) is 24.6. The van der Waals surface area contributed by atoms with E-state index >= 15 is 0 Å². The number of hydrogen-bond acceptors (Lipinski definition) is 5. The van der Waals surface area contributed by atoms with Crippen LogP contribution in [-0.4, -0.2) is 47.4 Å². The van der Waals surface area contributed by atoms with Crippen molar-refractivity contribution in [3.63, 3.8) is 0 Å². The highest BCUT2D eigenvalue weighted by atomic mass is 16.5. The average molecular weight is 975 g/mol. The molecule has 410 valence electrons. The van der Waals surface area contributed by atoms with Gasteiger partial charge in [0.05, 0.1) is 25.4 Å².